The van der Waals surface area contributed by atoms with Gasteiger partial charge in [0.2, 0.25) is 0 Å². The van der Waals surface area contributed by atoms with Gasteiger partial charge in [-0.15, -0.1) is 0 Å². The fraction of sp³-hybridized carbons (Fsp3) is 0.533. The summed E-state index contributed by atoms with van der Waals surface area (Å²) < 4.78 is 0. The standard InChI is InChI=1S/C11H15NO.2C2H6/c1-3-8-12-11(13)10-6-4-9(2)5-7-10;2*1-2/h4-7H,3,8H2,1-2H3,(H,12,13);2*1-2H3. The molecule has 98 valence electrons. The smallest absolute Gasteiger partial charge is 0.251 e. The monoisotopic (exact) mass is 237 g/mol. The molecule has 0 aliphatic carbocycles. The number of rotatable bonds is 3. The first-order chi connectivity index (χ1) is 8.24. The van der Waals surface area contributed by atoms with Crippen LogP contribution in [0.2, 0.25) is 0 Å². The molecule has 1 amide bonds. The minimum Gasteiger partial charge on any atom is -0.352 e. The van der Waals surface area contributed by atoms with Crippen molar-refractivity contribution in [1.29, 1.82) is 0 Å². The second-order valence-corrected chi connectivity index (χ2v) is 3.12. The topological polar surface area (TPSA) is 29.1 Å². The number of carbonyl (C=O) groups excluding carboxylic acids is 1. The number of aryl methyl sites for hydroxylation is 1. The van der Waals surface area contributed by atoms with E-state index in [9.17, 15) is 4.79 Å². The van der Waals surface area contributed by atoms with Crippen LogP contribution in [0.25, 0.3) is 0 Å². The first-order valence-corrected chi connectivity index (χ1v) is 6.59. The lowest BCUT2D eigenvalue weighted by atomic mass is 10.1. The lowest BCUT2D eigenvalue weighted by Crippen LogP contribution is -2.23. The van der Waals surface area contributed by atoms with Crippen LogP contribution in [0.4, 0.5) is 0 Å². The minimum atomic E-state index is 0.0156. The van der Waals surface area contributed by atoms with Gasteiger partial charge in [0, 0.05) is 12.1 Å². The van der Waals surface area contributed by atoms with Crippen LogP contribution in [0.5, 0.6) is 0 Å². The highest BCUT2D eigenvalue weighted by Gasteiger charge is 2.02. The predicted molar refractivity (Wildman–Crippen MR) is 76.5 cm³/mol. The van der Waals surface area contributed by atoms with Crippen molar-refractivity contribution in [1.82, 2.24) is 5.32 Å². The average molecular weight is 237 g/mol. The summed E-state index contributed by atoms with van der Waals surface area (Å²) in [6.45, 7) is 12.8. The van der Waals surface area contributed by atoms with Crippen LogP contribution < -0.4 is 5.32 Å². The van der Waals surface area contributed by atoms with Crippen LogP contribution >= 0.6 is 0 Å². The average Bonchev–Trinajstić information content (AvgIpc) is 2.41. The molecule has 2 heteroatoms. The van der Waals surface area contributed by atoms with Gasteiger partial charge in [-0.05, 0) is 25.5 Å². The van der Waals surface area contributed by atoms with Gasteiger partial charge in [0.15, 0.2) is 0 Å². The minimum absolute atomic E-state index is 0.0156. The number of benzene rings is 1. The molecule has 0 bridgehead atoms. The Morgan fingerprint density at radius 2 is 1.53 bits per heavy atom. The molecule has 0 unspecified atom stereocenters. The van der Waals surface area contributed by atoms with Gasteiger partial charge in [-0.25, -0.2) is 0 Å². The Morgan fingerprint density at radius 3 is 1.94 bits per heavy atom. The van der Waals surface area contributed by atoms with Crippen molar-refractivity contribution >= 4 is 5.91 Å². The largest absolute Gasteiger partial charge is 0.352 e. The van der Waals surface area contributed by atoms with Crippen LogP contribution in [0.1, 0.15) is 57.0 Å². The second kappa shape index (κ2) is 12.8. The highest BCUT2D eigenvalue weighted by Crippen LogP contribution is 2.02. The van der Waals surface area contributed by atoms with Crippen molar-refractivity contribution < 1.29 is 4.79 Å². The van der Waals surface area contributed by atoms with Crippen molar-refractivity contribution in [2.75, 3.05) is 6.54 Å². The van der Waals surface area contributed by atoms with Gasteiger partial charge in [-0.3, -0.25) is 4.79 Å². The van der Waals surface area contributed by atoms with Crippen LogP contribution in [0.3, 0.4) is 0 Å². The zero-order valence-electron chi connectivity index (χ0n) is 12.1. The third kappa shape index (κ3) is 8.49. The molecular weight excluding hydrogens is 210 g/mol. The van der Waals surface area contributed by atoms with Crippen LogP contribution in [-0.2, 0) is 0 Å². The number of carbonyl (C=O) groups is 1. The Kier molecular flexibility index (Phi) is 13.6. The van der Waals surface area contributed by atoms with E-state index in [1.54, 1.807) is 0 Å². The van der Waals surface area contributed by atoms with Crippen LogP contribution in [0, 0.1) is 6.92 Å². The zero-order chi connectivity index (χ0) is 13.7. The first-order valence-electron chi connectivity index (χ1n) is 6.59. The summed E-state index contributed by atoms with van der Waals surface area (Å²) in [6, 6.07) is 7.59. The van der Waals surface area contributed by atoms with E-state index in [0.29, 0.717) is 0 Å². The van der Waals surface area contributed by atoms with Gasteiger partial charge < -0.3 is 5.32 Å². The van der Waals surface area contributed by atoms with Crippen LogP contribution in [0.15, 0.2) is 24.3 Å². The Morgan fingerprint density at radius 1 is 1.06 bits per heavy atom. The normalized spacial score (nSPS) is 8.12. The molecule has 0 atom stereocenters. The third-order valence-corrected chi connectivity index (χ3v) is 1.85. The van der Waals surface area contributed by atoms with Gasteiger partial charge >= 0.3 is 0 Å². The number of amides is 1. The molecule has 0 saturated heterocycles. The highest BCUT2D eigenvalue weighted by molar-refractivity contribution is 5.94. The quantitative estimate of drug-likeness (QED) is 0.839. The number of hydrogen-bond donors (Lipinski definition) is 1. The van der Waals surface area contributed by atoms with Crippen molar-refractivity contribution in [3.05, 3.63) is 35.4 Å². The van der Waals surface area contributed by atoms with Crippen molar-refractivity contribution in [3.8, 4) is 0 Å². The lowest BCUT2D eigenvalue weighted by molar-refractivity contribution is 0.0953. The third-order valence-electron chi connectivity index (χ3n) is 1.85. The summed E-state index contributed by atoms with van der Waals surface area (Å²) in [7, 11) is 0. The fourth-order valence-electron chi connectivity index (χ4n) is 1.05. The van der Waals surface area contributed by atoms with Gasteiger partial charge in [0.05, 0.1) is 0 Å². The maximum atomic E-state index is 11.4. The van der Waals surface area contributed by atoms with E-state index in [-0.39, 0.29) is 5.91 Å². The van der Waals surface area contributed by atoms with E-state index in [1.807, 2.05) is 65.8 Å². The molecule has 2 nitrogen and oxygen atoms in total. The molecule has 1 aromatic rings. The molecular formula is C15H27NO. The Bertz CT molecular complexity index is 277. The van der Waals surface area contributed by atoms with E-state index in [0.717, 1.165) is 18.5 Å². The predicted octanol–water partition coefficient (Wildman–Crippen LogP) is 4.19. The maximum absolute atomic E-state index is 11.4. The molecule has 0 spiro atoms. The van der Waals surface area contributed by atoms with E-state index in [4.69, 9.17) is 0 Å². The molecule has 1 aromatic carbocycles. The second-order valence-electron chi connectivity index (χ2n) is 3.12. The van der Waals surface area contributed by atoms with Gasteiger partial charge in [0.1, 0.15) is 0 Å². The molecule has 0 aliphatic heterocycles. The van der Waals surface area contributed by atoms with Gasteiger partial charge in [-0.1, -0.05) is 52.3 Å². The number of nitrogens with one attached hydrogen (secondary N) is 1. The van der Waals surface area contributed by atoms with Crippen molar-refractivity contribution in [3.63, 3.8) is 0 Å². The lowest BCUT2D eigenvalue weighted by Gasteiger charge is -2.02. The summed E-state index contributed by atoms with van der Waals surface area (Å²) >= 11 is 0. The Labute approximate surface area is 106 Å². The molecule has 1 rings (SSSR count). The van der Waals surface area contributed by atoms with Gasteiger partial charge in [-0.2, -0.15) is 0 Å². The molecule has 1 N–H and O–H groups in total. The SMILES string of the molecule is CC.CC.CCCNC(=O)c1ccc(C)cc1. The van der Waals surface area contributed by atoms with Crippen LogP contribution in [-0.4, -0.2) is 12.5 Å². The Hall–Kier alpha value is -1.31. The van der Waals surface area contributed by atoms with Crippen molar-refractivity contribution in [2.45, 2.75) is 48.0 Å². The molecule has 0 saturated carbocycles. The summed E-state index contributed by atoms with van der Waals surface area (Å²) in [4.78, 5) is 11.4. The van der Waals surface area contributed by atoms with Crippen molar-refractivity contribution in [2.24, 2.45) is 0 Å². The summed E-state index contributed by atoms with van der Waals surface area (Å²) in [5.41, 5.74) is 1.91. The molecule has 0 aliphatic rings. The molecule has 0 aromatic heterocycles. The number of hydrogen-bond acceptors (Lipinski definition) is 1. The summed E-state index contributed by atoms with van der Waals surface area (Å²) in [5.74, 6) is 0.0156. The summed E-state index contributed by atoms with van der Waals surface area (Å²) in [6.07, 6.45) is 0.970. The zero-order valence-corrected chi connectivity index (χ0v) is 12.1. The Balaban J connectivity index is 0. The molecule has 0 fully saturated rings. The fourth-order valence-corrected chi connectivity index (χ4v) is 1.05. The van der Waals surface area contributed by atoms with E-state index >= 15 is 0 Å². The van der Waals surface area contributed by atoms with E-state index in [2.05, 4.69) is 5.32 Å². The van der Waals surface area contributed by atoms with E-state index in [1.165, 1.54) is 5.56 Å². The highest BCUT2D eigenvalue weighted by atomic mass is 16.1. The first kappa shape index (κ1) is 18.1. The molecule has 0 heterocycles. The summed E-state index contributed by atoms with van der Waals surface area (Å²) in [5, 5.41) is 2.83. The molecule has 17 heavy (non-hydrogen) atoms. The maximum Gasteiger partial charge on any atom is 0.251 e. The van der Waals surface area contributed by atoms with Gasteiger partial charge in [0.25, 0.3) is 5.91 Å². The molecule has 0 radical (unpaired) electrons. The van der Waals surface area contributed by atoms with E-state index < -0.39 is 0 Å².